The molecule has 0 fully saturated rings. The molecule has 1 N–H and O–H groups in total. The van der Waals surface area contributed by atoms with Gasteiger partial charge in [-0.05, 0) is 20.3 Å². The third-order valence-corrected chi connectivity index (χ3v) is 5.50. The van der Waals surface area contributed by atoms with E-state index in [9.17, 15) is 10.0 Å². The Morgan fingerprint density at radius 3 is 1.24 bits per heavy atom. The van der Waals surface area contributed by atoms with Crippen molar-refractivity contribution >= 4 is 5.91 Å². The highest BCUT2D eigenvalue weighted by Crippen LogP contribution is 2.14. The molecule has 0 unspecified atom stereocenters. The maximum atomic E-state index is 12.0. The van der Waals surface area contributed by atoms with Gasteiger partial charge in [0.2, 0.25) is 0 Å². The van der Waals surface area contributed by atoms with Crippen LogP contribution in [0.1, 0.15) is 124 Å². The lowest BCUT2D eigenvalue weighted by Crippen LogP contribution is -2.49. The van der Waals surface area contributed by atoms with E-state index < -0.39 is 4.65 Å². The van der Waals surface area contributed by atoms with Gasteiger partial charge in [-0.1, -0.05) is 96.8 Å². The van der Waals surface area contributed by atoms with Gasteiger partial charge in [-0.3, -0.25) is 0 Å². The topological polar surface area (TPSA) is 37.3 Å². The quantitative estimate of drug-likeness (QED) is 0.124. The number of hydrogen-bond donors (Lipinski definition) is 1. The summed E-state index contributed by atoms with van der Waals surface area (Å²) in [7, 11) is 0. The molecule has 150 valence electrons. The number of hydroxylamine groups is 3. The van der Waals surface area contributed by atoms with Crippen molar-refractivity contribution in [1.29, 1.82) is 0 Å². The van der Waals surface area contributed by atoms with E-state index in [0.29, 0.717) is 19.5 Å². The summed E-state index contributed by atoms with van der Waals surface area (Å²) in [6.07, 6.45) is 20.5. The van der Waals surface area contributed by atoms with E-state index >= 15 is 0 Å². The van der Waals surface area contributed by atoms with Gasteiger partial charge in [0, 0.05) is 0 Å². The highest BCUT2D eigenvalue weighted by Gasteiger charge is 2.30. The average Bonchev–Trinajstić information content (AvgIpc) is 2.63. The molecule has 0 saturated carbocycles. The Bertz CT molecular complexity index is 300. The summed E-state index contributed by atoms with van der Waals surface area (Å²) in [6.45, 7) is 6.97. The molecule has 1 amide bonds. The van der Waals surface area contributed by atoms with Crippen molar-refractivity contribution in [2.45, 2.75) is 124 Å². The summed E-state index contributed by atoms with van der Waals surface area (Å²) in [6, 6.07) is 0. The summed E-state index contributed by atoms with van der Waals surface area (Å²) < 4.78 is -0.390. The van der Waals surface area contributed by atoms with Crippen LogP contribution < -0.4 is 0 Å². The number of quaternary nitrogens is 1. The molecular formula is C22H46NO2+. The zero-order valence-electron chi connectivity index (χ0n) is 17.5. The minimum Gasteiger partial charge on any atom is -0.228 e. The van der Waals surface area contributed by atoms with Crippen LogP contribution in [0.2, 0.25) is 0 Å². The van der Waals surface area contributed by atoms with E-state index in [4.69, 9.17) is 0 Å². The van der Waals surface area contributed by atoms with Crippen LogP contribution in [-0.4, -0.2) is 28.9 Å². The molecule has 25 heavy (non-hydrogen) atoms. The zero-order chi connectivity index (χ0) is 18.8. The zero-order valence-corrected chi connectivity index (χ0v) is 17.5. The third-order valence-electron chi connectivity index (χ3n) is 5.50. The lowest BCUT2D eigenvalue weighted by Gasteiger charge is -2.24. The van der Waals surface area contributed by atoms with E-state index in [0.717, 1.165) is 12.8 Å². The van der Waals surface area contributed by atoms with Gasteiger partial charge in [0.05, 0.1) is 6.42 Å². The maximum Gasteiger partial charge on any atom is 0.345 e. The summed E-state index contributed by atoms with van der Waals surface area (Å²) in [5.74, 6) is -0.0142. The van der Waals surface area contributed by atoms with Gasteiger partial charge in [0.15, 0.2) is 0 Å². The second-order valence-electron chi connectivity index (χ2n) is 7.65. The van der Waals surface area contributed by atoms with Gasteiger partial charge in [0.1, 0.15) is 13.1 Å². The number of hydrogen-bond acceptors (Lipinski definition) is 2. The van der Waals surface area contributed by atoms with E-state index in [1.54, 1.807) is 0 Å². The van der Waals surface area contributed by atoms with Crippen LogP contribution in [0.25, 0.3) is 0 Å². The molecule has 0 aliphatic heterocycles. The molecule has 0 saturated heterocycles. The molecule has 0 aliphatic rings. The van der Waals surface area contributed by atoms with Crippen LogP contribution >= 0.6 is 0 Å². The van der Waals surface area contributed by atoms with Crippen LogP contribution in [0.4, 0.5) is 0 Å². The van der Waals surface area contributed by atoms with Gasteiger partial charge >= 0.3 is 5.91 Å². The van der Waals surface area contributed by atoms with Crippen LogP contribution in [0.3, 0.4) is 0 Å². The second kappa shape index (κ2) is 17.0. The minimum absolute atomic E-state index is 0.0142. The molecule has 0 rings (SSSR count). The highest BCUT2D eigenvalue weighted by atomic mass is 16.6. The predicted molar refractivity (Wildman–Crippen MR) is 108 cm³/mol. The SMILES string of the molecule is CCCCCCCCCCCCCCCCCC(=O)[N+](O)(CC)CC. The number of unbranched alkanes of at least 4 members (excludes halogenated alkanes) is 14. The number of rotatable bonds is 18. The number of amides is 1. The number of nitrogens with zero attached hydrogens (tertiary/aromatic N) is 1. The lowest BCUT2D eigenvalue weighted by molar-refractivity contribution is -1.04. The molecule has 3 heteroatoms. The molecule has 0 spiro atoms. The van der Waals surface area contributed by atoms with Crippen molar-refractivity contribution in [3.8, 4) is 0 Å². The molecule has 0 aromatic heterocycles. The van der Waals surface area contributed by atoms with Gasteiger partial charge in [-0.2, -0.15) is 0 Å². The first-order valence-electron chi connectivity index (χ1n) is 11.2. The van der Waals surface area contributed by atoms with Crippen molar-refractivity contribution in [3.63, 3.8) is 0 Å². The normalized spacial score (nSPS) is 11.8. The molecular weight excluding hydrogens is 310 g/mol. The summed E-state index contributed by atoms with van der Waals surface area (Å²) in [4.78, 5) is 12.0. The molecule has 0 heterocycles. The largest absolute Gasteiger partial charge is 0.345 e. The van der Waals surface area contributed by atoms with Crippen molar-refractivity contribution < 1.29 is 14.6 Å². The van der Waals surface area contributed by atoms with E-state index in [2.05, 4.69) is 6.92 Å². The molecule has 3 nitrogen and oxygen atoms in total. The first kappa shape index (κ1) is 24.6. The average molecular weight is 357 g/mol. The van der Waals surface area contributed by atoms with E-state index in [1.807, 2.05) is 13.8 Å². The van der Waals surface area contributed by atoms with Gasteiger partial charge in [-0.15, -0.1) is 4.65 Å². The Hall–Kier alpha value is -0.410. The van der Waals surface area contributed by atoms with Crippen LogP contribution in [-0.2, 0) is 4.79 Å². The fraction of sp³-hybridized carbons (Fsp3) is 0.955. The highest BCUT2D eigenvalue weighted by molar-refractivity contribution is 5.68. The Morgan fingerprint density at radius 2 is 0.920 bits per heavy atom. The monoisotopic (exact) mass is 356 g/mol. The van der Waals surface area contributed by atoms with E-state index in [1.165, 1.54) is 83.5 Å². The van der Waals surface area contributed by atoms with Crippen LogP contribution in [0, 0.1) is 0 Å². The predicted octanol–water partition coefficient (Wildman–Crippen LogP) is 7.02. The fourth-order valence-corrected chi connectivity index (χ4v) is 3.43. The van der Waals surface area contributed by atoms with Gasteiger partial charge in [-0.25, -0.2) is 10.0 Å². The maximum absolute atomic E-state index is 12.0. The fourth-order valence-electron chi connectivity index (χ4n) is 3.43. The minimum atomic E-state index is -0.390. The van der Waals surface area contributed by atoms with Crippen molar-refractivity contribution in [2.75, 3.05) is 13.1 Å². The van der Waals surface area contributed by atoms with Crippen molar-refractivity contribution in [2.24, 2.45) is 0 Å². The standard InChI is InChI=1S/C22H46NO2/c1-4-7-8-9-10-11-12-13-14-15-16-17-18-19-20-21-22(24)23(25,5-2)6-3/h25H,4-21H2,1-3H3/q+1. The lowest BCUT2D eigenvalue weighted by atomic mass is 10.0. The van der Waals surface area contributed by atoms with Crippen LogP contribution in [0.5, 0.6) is 0 Å². The number of carbonyl (C=O) groups excluding carboxylic acids is 1. The molecule has 0 atom stereocenters. The molecule has 0 aromatic rings. The molecule has 0 radical (unpaired) electrons. The van der Waals surface area contributed by atoms with E-state index in [-0.39, 0.29) is 5.91 Å². The third kappa shape index (κ3) is 13.5. The summed E-state index contributed by atoms with van der Waals surface area (Å²) in [5.41, 5.74) is 0. The first-order valence-corrected chi connectivity index (χ1v) is 11.2. The van der Waals surface area contributed by atoms with Crippen molar-refractivity contribution in [1.82, 2.24) is 0 Å². The summed E-state index contributed by atoms with van der Waals surface area (Å²) >= 11 is 0. The molecule has 0 aliphatic carbocycles. The van der Waals surface area contributed by atoms with Gasteiger partial charge in [0.25, 0.3) is 0 Å². The first-order chi connectivity index (χ1) is 12.1. The Kier molecular flexibility index (Phi) is 16.7. The Labute approximate surface area is 157 Å². The van der Waals surface area contributed by atoms with Crippen LogP contribution in [0.15, 0.2) is 0 Å². The number of carbonyl (C=O) groups is 1. The molecule has 0 bridgehead atoms. The molecule has 0 aromatic carbocycles. The van der Waals surface area contributed by atoms with Gasteiger partial charge < -0.3 is 0 Å². The Balaban J connectivity index is 3.28. The second-order valence-corrected chi connectivity index (χ2v) is 7.65. The Morgan fingerprint density at radius 1 is 0.600 bits per heavy atom. The summed E-state index contributed by atoms with van der Waals surface area (Å²) in [5, 5.41) is 10.1. The smallest absolute Gasteiger partial charge is 0.228 e. The van der Waals surface area contributed by atoms with Crippen molar-refractivity contribution in [3.05, 3.63) is 0 Å².